The number of aryl methyl sites for hydroxylation is 1. The van der Waals surface area contributed by atoms with Gasteiger partial charge in [-0.15, -0.1) is 11.3 Å². The van der Waals surface area contributed by atoms with Crippen molar-refractivity contribution in [1.29, 1.82) is 0 Å². The molecule has 0 saturated carbocycles. The van der Waals surface area contributed by atoms with Gasteiger partial charge >= 0.3 is 11.8 Å². The average molecular weight is 253 g/mol. The van der Waals surface area contributed by atoms with Gasteiger partial charge in [-0.3, -0.25) is 9.59 Å². The normalized spacial score (nSPS) is 10.8. The van der Waals surface area contributed by atoms with Crippen LogP contribution in [0.5, 0.6) is 0 Å². The second kappa shape index (κ2) is 6.15. The summed E-state index contributed by atoms with van der Waals surface area (Å²) in [6, 6.07) is 3.78. The number of rotatable bonds is 3. The molecule has 0 aliphatic rings. The van der Waals surface area contributed by atoms with Crippen molar-refractivity contribution in [2.75, 3.05) is 0 Å². The van der Waals surface area contributed by atoms with Crippen molar-refractivity contribution in [3.05, 3.63) is 21.9 Å². The zero-order valence-corrected chi connectivity index (χ0v) is 10.8. The Labute approximate surface area is 104 Å². The SMILES string of the molecule is Cc1ccc(/C=N\NC(=O)C(=O)NC(C)C)s1. The standard InChI is InChI=1S/C11H15N3O2S/c1-7(2)13-10(15)11(16)14-12-6-9-5-4-8(3)17-9/h4-7H,1-3H3,(H,13,15)(H,14,16)/b12-6-. The van der Waals surface area contributed by atoms with E-state index in [1.165, 1.54) is 6.21 Å². The van der Waals surface area contributed by atoms with E-state index in [1.54, 1.807) is 25.2 Å². The lowest BCUT2D eigenvalue weighted by molar-refractivity contribution is -0.139. The van der Waals surface area contributed by atoms with Crippen LogP contribution >= 0.6 is 11.3 Å². The Kier molecular flexibility index (Phi) is 4.84. The maximum Gasteiger partial charge on any atom is 0.329 e. The van der Waals surface area contributed by atoms with Crippen molar-refractivity contribution in [2.45, 2.75) is 26.8 Å². The highest BCUT2D eigenvalue weighted by Gasteiger charge is 2.12. The highest BCUT2D eigenvalue weighted by atomic mass is 32.1. The van der Waals surface area contributed by atoms with E-state index in [0.29, 0.717) is 0 Å². The number of nitrogens with one attached hydrogen (secondary N) is 2. The summed E-state index contributed by atoms with van der Waals surface area (Å²) in [5.41, 5.74) is 2.17. The number of hydrazone groups is 1. The summed E-state index contributed by atoms with van der Waals surface area (Å²) in [7, 11) is 0. The second-order valence-corrected chi connectivity index (χ2v) is 5.10. The number of amides is 2. The molecule has 5 nitrogen and oxygen atoms in total. The molecule has 2 amide bonds. The van der Waals surface area contributed by atoms with Gasteiger partial charge < -0.3 is 5.32 Å². The van der Waals surface area contributed by atoms with Crippen LogP contribution in [0, 0.1) is 6.92 Å². The molecule has 1 rings (SSSR count). The zero-order chi connectivity index (χ0) is 12.8. The zero-order valence-electron chi connectivity index (χ0n) is 9.98. The predicted molar refractivity (Wildman–Crippen MR) is 68.1 cm³/mol. The van der Waals surface area contributed by atoms with E-state index in [1.807, 2.05) is 19.1 Å². The molecule has 0 aromatic carbocycles. The summed E-state index contributed by atoms with van der Waals surface area (Å²) in [5, 5.41) is 6.18. The molecule has 17 heavy (non-hydrogen) atoms. The van der Waals surface area contributed by atoms with Crippen LogP contribution in [0.2, 0.25) is 0 Å². The Balaban J connectivity index is 2.42. The summed E-state index contributed by atoms with van der Waals surface area (Å²) in [6.45, 7) is 5.54. The molecule has 1 aromatic rings. The Morgan fingerprint density at radius 1 is 1.35 bits per heavy atom. The van der Waals surface area contributed by atoms with Gasteiger partial charge in [0.05, 0.1) is 6.21 Å². The molecule has 0 atom stereocenters. The van der Waals surface area contributed by atoms with Gasteiger partial charge in [0.15, 0.2) is 0 Å². The summed E-state index contributed by atoms with van der Waals surface area (Å²) < 4.78 is 0. The molecular formula is C11H15N3O2S. The van der Waals surface area contributed by atoms with E-state index in [-0.39, 0.29) is 6.04 Å². The summed E-state index contributed by atoms with van der Waals surface area (Å²) in [4.78, 5) is 24.5. The number of hydrogen-bond donors (Lipinski definition) is 2. The third-order valence-corrected chi connectivity index (χ3v) is 2.68. The minimum Gasteiger partial charge on any atom is -0.346 e. The van der Waals surface area contributed by atoms with E-state index < -0.39 is 11.8 Å². The van der Waals surface area contributed by atoms with Gasteiger partial charge in [-0.1, -0.05) is 0 Å². The molecule has 0 saturated heterocycles. The van der Waals surface area contributed by atoms with Gasteiger partial charge in [-0.25, -0.2) is 5.43 Å². The smallest absolute Gasteiger partial charge is 0.329 e. The molecule has 0 spiro atoms. The molecular weight excluding hydrogens is 238 g/mol. The van der Waals surface area contributed by atoms with Gasteiger partial charge in [0, 0.05) is 15.8 Å². The lowest BCUT2D eigenvalue weighted by atomic mass is 10.4. The Bertz CT molecular complexity index is 438. The first-order valence-electron chi connectivity index (χ1n) is 5.19. The first kappa shape index (κ1) is 13.4. The summed E-state index contributed by atoms with van der Waals surface area (Å²) in [5.74, 6) is -1.44. The third-order valence-electron chi connectivity index (χ3n) is 1.75. The van der Waals surface area contributed by atoms with E-state index >= 15 is 0 Å². The minimum atomic E-state index is -0.761. The Morgan fingerprint density at radius 3 is 2.59 bits per heavy atom. The van der Waals surface area contributed by atoms with Crippen LogP contribution in [0.4, 0.5) is 0 Å². The van der Waals surface area contributed by atoms with E-state index in [2.05, 4.69) is 15.8 Å². The van der Waals surface area contributed by atoms with Crippen LogP contribution in [-0.4, -0.2) is 24.1 Å². The van der Waals surface area contributed by atoms with Gasteiger partial charge in [-0.2, -0.15) is 5.10 Å². The fourth-order valence-corrected chi connectivity index (χ4v) is 1.81. The monoisotopic (exact) mass is 253 g/mol. The molecule has 0 aliphatic carbocycles. The second-order valence-electron chi connectivity index (χ2n) is 3.78. The van der Waals surface area contributed by atoms with Gasteiger partial charge in [-0.05, 0) is 32.9 Å². The topological polar surface area (TPSA) is 70.6 Å². The predicted octanol–water partition coefficient (Wildman–Crippen LogP) is 1.03. The fourth-order valence-electron chi connectivity index (χ4n) is 1.06. The van der Waals surface area contributed by atoms with Crippen molar-refractivity contribution in [3.63, 3.8) is 0 Å². The van der Waals surface area contributed by atoms with Gasteiger partial charge in [0.1, 0.15) is 0 Å². The van der Waals surface area contributed by atoms with E-state index in [0.717, 1.165) is 9.75 Å². The molecule has 0 bridgehead atoms. The number of hydrogen-bond acceptors (Lipinski definition) is 4. The summed E-state index contributed by atoms with van der Waals surface area (Å²) >= 11 is 1.56. The molecule has 0 fully saturated rings. The highest BCUT2D eigenvalue weighted by molar-refractivity contribution is 7.13. The quantitative estimate of drug-likeness (QED) is 0.480. The first-order valence-corrected chi connectivity index (χ1v) is 6.01. The van der Waals surface area contributed by atoms with Crippen LogP contribution in [0.1, 0.15) is 23.6 Å². The van der Waals surface area contributed by atoms with Crippen LogP contribution in [-0.2, 0) is 9.59 Å². The van der Waals surface area contributed by atoms with Crippen LogP contribution in [0.15, 0.2) is 17.2 Å². The maximum absolute atomic E-state index is 11.2. The Morgan fingerprint density at radius 2 is 2.06 bits per heavy atom. The highest BCUT2D eigenvalue weighted by Crippen LogP contribution is 2.12. The molecule has 1 heterocycles. The lowest BCUT2D eigenvalue weighted by Crippen LogP contribution is -2.41. The number of thiophene rings is 1. The first-order chi connectivity index (χ1) is 7.99. The van der Waals surface area contributed by atoms with Crippen molar-refractivity contribution in [1.82, 2.24) is 10.7 Å². The number of nitrogens with zero attached hydrogens (tertiary/aromatic N) is 1. The van der Waals surface area contributed by atoms with E-state index in [4.69, 9.17) is 0 Å². The summed E-state index contributed by atoms with van der Waals surface area (Å²) in [6.07, 6.45) is 1.51. The Hall–Kier alpha value is -1.69. The fraction of sp³-hybridized carbons (Fsp3) is 0.364. The molecule has 92 valence electrons. The van der Waals surface area contributed by atoms with Crippen LogP contribution in [0.3, 0.4) is 0 Å². The van der Waals surface area contributed by atoms with Crippen molar-refractivity contribution < 1.29 is 9.59 Å². The van der Waals surface area contributed by atoms with Crippen molar-refractivity contribution in [3.8, 4) is 0 Å². The third kappa shape index (κ3) is 4.78. The molecule has 2 N–H and O–H groups in total. The molecule has 1 aromatic heterocycles. The number of carbonyl (C=O) groups excluding carboxylic acids is 2. The molecule has 0 unspecified atom stereocenters. The molecule has 0 aliphatic heterocycles. The average Bonchev–Trinajstić information content (AvgIpc) is 2.63. The lowest BCUT2D eigenvalue weighted by Gasteiger charge is -2.05. The van der Waals surface area contributed by atoms with Crippen LogP contribution in [0.25, 0.3) is 0 Å². The largest absolute Gasteiger partial charge is 0.346 e. The van der Waals surface area contributed by atoms with Gasteiger partial charge in [0.25, 0.3) is 0 Å². The van der Waals surface area contributed by atoms with Crippen molar-refractivity contribution in [2.24, 2.45) is 5.10 Å². The molecule has 6 heteroatoms. The maximum atomic E-state index is 11.2. The molecule has 0 radical (unpaired) electrons. The number of carbonyl (C=O) groups is 2. The van der Waals surface area contributed by atoms with Crippen LogP contribution < -0.4 is 10.7 Å². The van der Waals surface area contributed by atoms with Crippen molar-refractivity contribution >= 4 is 29.4 Å². The van der Waals surface area contributed by atoms with E-state index in [9.17, 15) is 9.59 Å². The minimum absolute atomic E-state index is 0.0721. The van der Waals surface area contributed by atoms with Gasteiger partial charge in [0.2, 0.25) is 0 Å².